The van der Waals surface area contributed by atoms with Gasteiger partial charge in [0.15, 0.2) is 0 Å². The molecule has 0 saturated heterocycles. The Morgan fingerprint density at radius 1 is 0.356 bits per heavy atom. The van der Waals surface area contributed by atoms with E-state index in [-0.39, 0.29) is 5.41 Å². The summed E-state index contributed by atoms with van der Waals surface area (Å²) in [5.74, 6) is 0. The smallest absolute Gasteiger partial charge is 0.0171 e. The molecule has 0 heterocycles. The molecule has 0 saturated carbocycles. The fourth-order valence-electron chi connectivity index (χ4n) is 8.68. The van der Waals surface area contributed by atoms with Crippen molar-refractivity contribution in [3.63, 3.8) is 0 Å². The first-order valence-corrected chi connectivity index (χ1v) is 15.9. The minimum atomic E-state index is -0.133. The maximum absolute atomic E-state index is 2.46. The molecule has 9 aromatic rings. The summed E-state index contributed by atoms with van der Waals surface area (Å²) in [4.78, 5) is 0. The minimum absolute atomic E-state index is 0.133. The van der Waals surface area contributed by atoms with Crippen LogP contribution in [0.4, 0.5) is 0 Å². The van der Waals surface area contributed by atoms with Crippen LogP contribution in [0, 0.1) is 0 Å². The average Bonchev–Trinajstić information content (AvgIpc) is 3.34. The number of fused-ring (bicyclic) bond motifs is 15. The Morgan fingerprint density at radius 3 is 1.76 bits per heavy atom. The number of hydrogen-bond acceptors (Lipinski definition) is 0. The van der Waals surface area contributed by atoms with E-state index in [0.717, 1.165) is 0 Å². The molecule has 0 aliphatic heterocycles. The highest BCUT2D eigenvalue weighted by molar-refractivity contribution is 6.24. The summed E-state index contributed by atoms with van der Waals surface area (Å²) < 4.78 is 0. The molecular weight excluding hydrogens is 540 g/mol. The van der Waals surface area contributed by atoms with Gasteiger partial charge >= 0.3 is 0 Å². The van der Waals surface area contributed by atoms with Crippen LogP contribution in [-0.4, -0.2) is 0 Å². The summed E-state index contributed by atoms with van der Waals surface area (Å²) in [6, 6.07) is 54.5. The topological polar surface area (TPSA) is 0 Å². The zero-order chi connectivity index (χ0) is 29.9. The molecule has 0 nitrogen and oxygen atoms in total. The second-order valence-electron chi connectivity index (χ2n) is 13.2. The number of hydrogen-bond donors (Lipinski definition) is 0. The molecule has 45 heavy (non-hydrogen) atoms. The molecule has 0 radical (unpaired) electrons. The average molecular weight is 571 g/mol. The Hall–Kier alpha value is -5.46. The van der Waals surface area contributed by atoms with Gasteiger partial charge in [-0.15, -0.1) is 0 Å². The van der Waals surface area contributed by atoms with E-state index in [9.17, 15) is 0 Å². The molecule has 1 aliphatic carbocycles. The van der Waals surface area contributed by atoms with Crippen LogP contribution in [0.1, 0.15) is 25.0 Å². The van der Waals surface area contributed by atoms with E-state index in [0.29, 0.717) is 0 Å². The third-order valence-electron chi connectivity index (χ3n) is 10.5. The van der Waals surface area contributed by atoms with Gasteiger partial charge in [-0.25, -0.2) is 0 Å². The summed E-state index contributed by atoms with van der Waals surface area (Å²) in [5.41, 5.74) is 8.09. The molecule has 1 aliphatic rings. The maximum atomic E-state index is 2.46. The van der Waals surface area contributed by atoms with E-state index < -0.39 is 0 Å². The van der Waals surface area contributed by atoms with Crippen molar-refractivity contribution in [3.8, 4) is 22.3 Å². The fraction of sp³-hybridized carbons (Fsp3) is 0.0667. The summed E-state index contributed by atoms with van der Waals surface area (Å²) >= 11 is 0. The van der Waals surface area contributed by atoms with E-state index in [2.05, 4.69) is 159 Å². The fourth-order valence-corrected chi connectivity index (χ4v) is 8.68. The van der Waals surface area contributed by atoms with Crippen LogP contribution in [0.5, 0.6) is 0 Å². The van der Waals surface area contributed by atoms with E-state index >= 15 is 0 Å². The van der Waals surface area contributed by atoms with Crippen LogP contribution in [0.25, 0.3) is 86.9 Å². The van der Waals surface area contributed by atoms with E-state index in [1.165, 1.54) is 98.0 Å². The highest BCUT2D eigenvalue weighted by atomic mass is 14.4. The Morgan fingerprint density at radius 2 is 0.956 bits per heavy atom. The largest absolute Gasteiger partial charge is 0.0616 e. The first-order chi connectivity index (χ1) is 22.1. The molecule has 0 bridgehead atoms. The molecule has 0 atom stereocenters. The zero-order valence-corrected chi connectivity index (χ0v) is 25.4. The molecule has 0 N–H and O–H groups in total. The molecule has 9 aromatic carbocycles. The van der Waals surface area contributed by atoms with Crippen molar-refractivity contribution in [2.75, 3.05) is 0 Å². The second-order valence-corrected chi connectivity index (χ2v) is 13.2. The normalized spacial score (nSPS) is 13.7. The third kappa shape index (κ3) is 3.27. The zero-order valence-electron chi connectivity index (χ0n) is 25.4. The van der Waals surface area contributed by atoms with Gasteiger partial charge in [0, 0.05) is 5.41 Å². The maximum Gasteiger partial charge on any atom is 0.0171 e. The first kappa shape index (κ1) is 24.9. The Bertz CT molecular complexity index is 2720. The van der Waals surface area contributed by atoms with Crippen molar-refractivity contribution >= 4 is 64.6 Å². The highest BCUT2D eigenvalue weighted by Crippen LogP contribution is 2.56. The van der Waals surface area contributed by atoms with Gasteiger partial charge in [-0.1, -0.05) is 147 Å². The van der Waals surface area contributed by atoms with Crippen LogP contribution < -0.4 is 0 Å². The van der Waals surface area contributed by atoms with E-state index in [1.807, 2.05) is 0 Å². The van der Waals surface area contributed by atoms with Gasteiger partial charge in [-0.05, 0) is 110 Å². The molecule has 0 aromatic heterocycles. The van der Waals surface area contributed by atoms with Crippen LogP contribution in [0.2, 0.25) is 0 Å². The lowest BCUT2D eigenvalue weighted by Crippen LogP contribution is -2.16. The Kier molecular flexibility index (Phi) is 4.88. The van der Waals surface area contributed by atoms with E-state index in [4.69, 9.17) is 0 Å². The molecule has 0 spiro atoms. The molecule has 0 amide bonds. The molecule has 0 unspecified atom stereocenters. The van der Waals surface area contributed by atoms with Gasteiger partial charge in [0.2, 0.25) is 0 Å². The van der Waals surface area contributed by atoms with Crippen molar-refractivity contribution in [1.82, 2.24) is 0 Å². The third-order valence-corrected chi connectivity index (χ3v) is 10.5. The van der Waals surface area contributed by atoms with Crippen molar-refractivity contribution in [3.05, 3.63) is 157 Å². The predicted octanol–water partition coefficient (Wildman–Crippen LogP) is 12.6. The minimum Gasteiger partial charge on any atom is -0.0616 e. The van der Waals surface area contributed by atoms with Crippen molar-refractivity contribution < 1.29 is 0 Å². The quantitative estimate of drug-likeness (QED) is 0.172. The molecule has 0 heteroatoms. The molecule has 210 valence electrons. The van der Waals surface area contributed by atoms with Gasteiger partial charge in [-0.3, -0.25) is 0 Å². The van der Waals surface area contributed by atoms with Gasteiger partial charge in [0.05, 0.1) is 0 Å². The first-order valence-electron chi connectivity index (χ1n) is 15.9. The monoisotopic (exact) mass is 570 g/mol. The summed E-state index contributed by atoms with van der Waals surface area (Å²) in [7, 11) is 0. The lowest BCUT2D eigenvalue weighted by atomic mass is 9.77. The summed E-state index contributed by atoms with van der Waals surface area (Å²) in [5, 5.41) is 15.8. The van der Waals surface area contributed by atoms with Gasteiger partial charge in [-0.2, -0.15) is 0 Å². The Labute approximate surface area is 262 Å². The van der Waals surface area contributed by atoms with E-state index in [1.54, 1.807) is 0 Å². The van der Waals surface area contributed by atoms with Crippen LogP contribution in [-0.2, 0) is 5.41 Å². The van der Waals surface area contributed by atoms with Gasteiger partial charge in [0.1, 0.15) is 0 Å². The second kappa shape index (κ2) is 8.80. The molecule has 0 fully saturated rings. The lowest BCUT2D eigenvalue weighted by Gasteiger charge is -2.25. The van der Waals surface area contributed by atoms with Crippen molar-refractivity contribution in [1.29, 1.82) is 0 Å². The van der Waals surface area contributed by atoms with Crippen LogP contribution >= 0.6 is 0 Å². The highest BCUT2D eigenvalue weighted by Gasteiger charge is 2.39. The summed E-state index contributed by atoms with van der Waals surface area (Å²) in [6.45, 7) is 4.85. The predicted molar refractivity (Wildman–Crippen MR) is 194 cm³/mol. The lowest BCUT2D eigenvalue weighted by molar-refractivity contribution is 0.672. The molecule has 10 rings (SSSR count). The van der Waals surface area contributed by atoms with Crippen LogP contribution in [0.15, 0.2) is 146 Å². The standard InChI is InChI=1S/C45H30/c1-45(2)43-32-14-6-4-12-28(32)21-24-38(43)42-36-18-10-8-16-34(36)40-25-29(22-23-37(40)44(42)45)39-26-30-20-19-27-11-3-5-13-31(27)41(30)35-17-9-7-15-33(35)39/h3-26H,1-2H3. The van der Waals surface area contributed by atoms with Gasteiger partial charge in [0.25, 0.3) is 0 Å². The van der Waals surface area contributed by atoms with Crippen LogP contribution in [0.3, 0.4) is 0 Å². The number of benzene rings is 9. The van der Waals surface area contributed by atoms with Gasteiger partial charge < -0.3 is 0 Å². The summed E-state index contributed by atoms with van der Waals surface area (Å²) in [6.07, 6.45) is 0. The van der Waals surface area contributed by atoms with Crippen molar-refractivity contribution in [2.24, 2.45) is 0 Å². The SMILES string of the molecule is CC1(C)c2c(ccc3ccccc23)-c2c1c1ccc(-c3cc4ccc5ccccc5c4c4ccccc34)cc1c1ccccc21. The molecular formula is C45H30. The Balaban J connectivity index is 1.30. The number of rotatable bonds is 1. The van der Waals surface area contributed by atoms with Crippen molar-refractivity contribution in [2.45, 2.75) is 19.3 Å².